The van der Waals surface area contributed by atoms with Crippen molar-refractivity contribution in [3.05, 3.63) is 47.8 Å². The van der Waals surface area contributed by atoms with Crippen molar-refractivity contribution in [1.29, 1.82) is 5.26 Å². The Labute approximate surface area is 122 Å². The van der Waals surface area contributed by atoms with Crippen LogP contribution in [0.2, 0.25) is 0 Å². The van der Waals surface area contributed by atoms with Crippen molar-refractivity contribution < 1.29 is 9.13 Å². The molecule has 0 amide bonds. The summed E-state index contributed by atoms with van der Waals surface area (Å²) in [4.78, 5) is 0. The van der Waals surface area contributed by atoms with E-state index in [4.69, 9.17) is 10.5 Å². The zero-order valence-electron chi connectivity index (χ0n) is 11.3. The summed E-state index contributed by atoms with van der Waals surface area (Å²) in [6, 6.07) is 11.8. The fourth-order valence-corrected chi connectivity index (χ4v) is 2.42. The number of para-hydroxylation sites is 1. The van der Waals surface area contributed by atoms with Crippen molar-refractivity contribution in [1.82, 2.24) is 0 Å². The normalized spacial score (nSPS) is 16.3. The lowest BCUT2D eigenvalue weighted by Gasteiger charge is -2.28. The maximum atomic E-state index is 13.3. The van der Waals surface area contributed by atoms with Crippen molar-refractivity contribution >= 4 is 5.69 Å². The molecule has 4 nitrogen and oxygen atoms in total. The van der Waals surface area contributed by atoms with E-state index in [1.54, 1.807) is 6.07 Å². The first-order chi connectivity index (χ1) is 10.2. The molecule has 0 fully saturated rings. The minimum atomic E-state index is -0.432. The minimum absolute atomic E-state index is 0.121. The second-order valence-corrected chi connectivity index (χ2v) is 4.84. The Bertz CT molecular complexity index is 724. The van der Waals surface area contributed by atoms with E-state index in [0.717, 1.165) is 11.3 Å². The molecule has 1 unspecified atom stereocenters. The number of nitrogens with one attached hydrogen (secondary N) is 1. The second-order valence-electron chi connectivity index (χ2n) is 4.84. The van der Waals surface area contributed by atoms with Crippen molar-refractivity contribution in [2.24, 2.45) is 5.73 Å². The van der Waals surface area contributed by atoms with Gasteiger partial charge in [0.15, 0.2) is 5.75 Å². The Hall–Kier alpha value is -2.58. The maximum Gasteiger partial charge on any atom is 0.150 e. The first-order valence-corrected chi connectivity index (χ1v) is 6.66. The van der Waals surface area contributed by atoms with Gasteiger partial charge in [0.1, 0.15) is 11.9 Å². The molecular weight excluding hydrogens is 269 g/mol. The summed E-state index contributed by atoms with van der Waals surface area (Å²) >= 11 is 0. The quantitative estimate of drug-likeness (QED) is 0.888. The Balaban J connectivity index is 2.14. The first kappa shape index (κ1) is 13.4. The molecule has 2 aromatic rings. The van der Waals surface area contributed by atoms with Crippen molar-refractivity contribution in [2.45, 2.75) is 6.10 Å². The van der Waals surface area contributed by atoms with Crippen LogP contribution in [0.5, 0.6) is 5.75 Å². The number of halogens is 1. The lowest BCUT2D eigenvalue weighted by molar-refractivity contribution is 0.215. The van der Waals surface area contributed by atoms with Crippen molar-refractivity contribution in [3.8, 4) is 22.9 Å². The monoisotopic (exact) mass is 283 g/mol. The summed E-state index contributed by atoms with van der Waals surface area (Å²) in [6.07, 6.45) is -0.121. The molecule has 3 N–H and O–H groups in total. The van der Waals surface area contributed by atoms with Gasteiger partial charge in [0, 0.05) is 17.7 Å². The molecule has 0 radical (unpaired) electrons. The van der Waals surface area contributed by atoms with Gasteiger partial charge in [-0.25, -0.2) is 4.39 Å². The smallest absolute Gasteiger partial charge is 0.150 e. The number of fused-ring (bicyclic) bond motifs is 1. The average molecular weight is 283 g/mol. The summed E-state index contributed by atoms with van der Waals surface area (Å²) in [6.45, 7) is 1.04. The third-order valence-electron chi connectivity index (χ3n) is 3.47. The van der Waals surface area contributed by atoms with Crippen LogP contribution in [0.25, 0.3) is 11.1 Å². The van der Waals surface area contributed by atoms with Crippen LogP contribution in [0.15, 0.2) is 36.4 Å². The molecule has 0 bridgehead atoms. The van der Waals surface area contributed by atoms with Crippen LogP contribution in [0.4, 0.5) is 10.1 Å². The van der Waals surface area contributed by atoms with Gasteiger partial charge in [-0.1, -0.05) is 18.2 Å². The van der Waals surface area contributed by atoms with E-state index in [0.29, 0.717) is 24.4 Å². The van der Waals surface area contributed by atoms with E-state index in [2.05, 4.69) is 5.32 Å². The van der Waals surface area contributed by atoms with Crippen molar-refractivity contribution in [3.63, 3.8) is 0 Å². The third-order valence-corrected chi connectivity index (χ3v) is 3.47. The van der Waals surface area contributed by atoms with E-state index in [1.165, 1.54) is 12.1 Å². The standard InChI is InChI=1S/C16H14FN3O/c17-11-4-5-13(10(6-11)7-18)14-2-1-3-15-16(14)21-12(8-19)9-20-15/h1-6,12,20H,8-9,19H2. The second kappa shape index (κ2) is 5.43. The van der Waals surface area contributed by atoms with Gasteiger partial charge in [-0.15, -0.1) is 0 Å². The van der Waals surface area contributed by atoms with E-state index in [1.807, 2.05) is 24.3 Å². The van der Waals surface area contributed by atoms with Crippen LogP contribution in [0, 0.1) is 17.1 Å². The van der Waals surface area contributed by atoms with Crippen LogP contribution in [-0.4, -0.2) is 19.2 Å². The van der Waals surface area contributed by atoms with Crippen LogP contribution >= 0.6 is 0 Å². The van der Waals surface area contributed by atoms with Gasteiger partial charge in [0.25, 0.3) is 0 Å². The predicted octanol–water partition coefficient (Wildman–Crippen LogP) is 2.50. The van der Waals surface area contributed by atoms with Gasteiger partial charge in [-0.3, -0.25) is 0 Å². The molecule has 0 aliphatic carbocycles. The third kappa shape index (κ3) is 2.41. The van der Waals surface area contributed by atoms with Gasteiger partial charge >= 0.3 is 0 Å². The molecule has 1 aliphatic rings. The molecule has 1 aliphatic heterocycles. The van der Waals surface area contributed by atoms with Gasteiger partial charge < -0.3 is 15.8 Å². The molecule has 0 spiro atoms. The van der Waals surface area contributed by atoms with Gasteiger partial charge in [0.05, 0.1) is 23.9 Å². The Morgan fingerprint density at radius 3 is 2.95 bits per heavy atom. The molecule has 3 rings (SSSR count). The molecule has 0 aromatic heterocycles. The summed E-state index contributed by atoms with van der Waals surface area (Å²) in [5, 5.41) is 12.5. The topological polar surface area (TPSA) is 71.1 Å². The summed E-state index contributed by atoms with van der Waals surface area (Å²) in [7, 11) is 0. The number of benzene rings is 2. The molecule has 5 heteroatoms. The number of nitriles is 1. The SMILES string of the molecule is N#Cc1cc(F)ccc1-c1cccc2c1OC(CN)CN2. The first-order valence-electron chi connectivity index (χ1n) is 6.66. The lowest BCUT2D eigenvalue weighted by Crippen LogP contribution is -2.37. The molecular formula is C16H14FN3O. The molecule has 106 valence electrons. The highest BCUT2D eigenvalue weighted by atomic mass is 19.1. The molecule has 0 saturated heterocycles. The zero-order chi connectivity index (χ0) is 14.8. The van der Waals surface area contributed by atoms with Crippen LogP contribution < -0.4 is 15.8 Å². The zero-order valence-corrected chi connectivity index (χ0v) is 11.3. The highest BCUT2D eigenvalue weighted by molar-refractivity contribution is 5.82. The highest BCUT2D eigenvalue weighted by Crippen LogP contribution is 2.40. The molecule has 1 heterocycles. The predicted molar refractivity (Wildman–Crippen MR) is 78.5 cm³/mol. The fraction of sp³-hybridized carbons (Fsp3) is 0.188. The molecule has 21 heavy (non-hydrogen) atoms. The fourth-order valence-electron chi connectivity index (χ4n) is 2.42. The van der Waals surface area contributed by atoms with Gasteiger partial charge in [0.2, 0.25) is 0 Å². The summed E-state index contributed by atoms with van der Waals surface area (Å²) in [5.74, 6) is 0.223. The number of nitrogens with two attached hydrogens (primary N) is 1. The van der Waals surface area contributed by atoms with E-state index in [-0.39, 0.29) is 11.7 Å². The van der Waals surface area contributed by atoms with Gasteiger partial charge in [-0.2, -0.15) is 5.26 Å². The average Bonchev–Trinajstić information content (AvgIpc) is 2.53. The minimum Gasteiger partial charge on any atom is -0.484 e. The number of nitrogens with zero attached hydrogens (tertiary/aromatic N) is 1. The number of ether oxygens (including phenoxy) is 1. The van der Waals surface area contributed by atoms with Crippen LogP contribution in [-0.2, 0) is 0 Å². The Morgan fingerprint density at radius 2 is 2.19 bits per heavy atom. The number of anilines is 1. The Morgan fingerprint density at radius 1 is 1.33 bits per heavy atom. The molecule has 1 atom stereocenters. The van der Waals surface area contributed by atoms with Crippen LogP contribution in [0.3, 0.4) is 0 Å². The number of hydrogen-bond donors (Lipinski definition) is 2. The highest BCUT2D eigenvalue weighted by Gasteiger charge is 2.22. The number of hydrogen-bond acceptors (Lipinski definition) is 4. The molecule has 0 saturated carbocycles. The summed E-state index contributed by atoms with van der Waals surface area (Å²) in [5.41, 5.74) is 8.20. The summed E-state index contributed by atoms with van der Waals surface area (Å²) < 4.78 is 19.2. The lowest BCUT2D eigenvalue weighted by atomic mass is 9.98. The molecule has 2 aromatic carbocycles. The van der Waals surface area contributed by atoms with Gasteiger partial charge in [-0.05, 0) is 18.2 Å². The largest absolute Gasteiger partial charge is 0.484 e. The van der Waals surface area contributed by atoms with Crippen LogP contribution in [0.1, 0.15) is 5.56 Å². The van der Waals surface area contributed by atoms with E-state index >= 15 is 0 Å². The Kier molecular flexibility index (Phi) is 3.46. The van der Waals surface area contributed by atoms with E-state index in [9.17, 15) is 9.65 Å². The maximum absolute atomic E-state index is 13.3. The number of rotatable bonds is 2. The van der Waals surface area contributed by atoms with E-state index < -0.39 is 5.82 Å². The van der Waals surface area contributed by atoms with Crippen molar-refractivity contribution in [2.75, 3.05) is 18.4 Å².